The zero-order valence-electron chi connectivity index (χ0n) is 15.6. The van der Waals surface area contributed by atoms with Crippen LogP contribution in [-0.2, 0) is 9.53 Å². The van der Waals surface area contributed by atoms with Crippen LogP contribution in [0.15, 0.2) is 42.5 Å². The van der Waals surface area contributed by atoms with E-state index < -0.39 is 5.97 Å². The number of amides is 2. The third-order valence-electron chi connectivity index (χ3n) is 3.88. The van der Waals surface area contributed by atoms with Crippen molar-refractivity contribution in [3.8, 4) is 5.75 Å². The second-order valence-corrected chi connectivity index (χ2v) is 6.25. The summed E-state index contributed by atoms with van der Waals surface area (Å²) in [6.45, 7) is 0.335. The predicted octanol–water partition coefficient (Wildman–Crippen LogP) is 3.28. The molecule has 0 aliphatic rings. The third-order valence-corrected chi connectivity index (χ3v) is 4.13. The van der Waals surface area contributed by atoms with Gasteiger partial charge >= 0.3 is 5.97 Å². The van der Waals surface area contributed by atoms with Crippen molar-refractivity contribution in [2.45, 2.75) is 12.8 Å². The lowest BCUT2D eigenvalue weighted by Gasteiger charge is -2.11. The topological polar surface area (TPSA) is 93.7 Å². The molecule has 148 valence electrons. The number of hydrogen-bond donors (Lipinski definition) is 2. The molecule has 7 nitrogen and oxygen atoms in total. The molecule has 2 N–H and O–H groups in total. The third kappa shape index (κ3) is 5.99. The molecule has 0 unspecified atom stereocenters. The Hall–Kier alpha value is -3.06. The quantitative estimate of drug-likeness (QED) is 0.520. The Morgan fingerprint density at radius 3 is 2.39 bits per heavy atom. The van der Waals surface area contributed by atoms with Gasteiger partial charge in [0.2, 0.25) is 5.91 Å². The summed E-state index contributed by atoms with van der Waals surface area (Å²) in [4.78, 5) is 36.0. The van der Waals surface area contributed by atoms with E-state index in [1.807, 2.05) is 0 Å². The maximum absolute atomic E-state index is 12.2. The van der Waals surface area contributed by atoms with Crippen LogP contribution < -0.4 is 15.4 Å². The minimum Gasteiger partial charge on any atom is -0.497 e. The van der Waals surface area contributed by atoms with E-state index in [0.29, 0.717) is 35.0 Å². The average molecular weight is 405 g/mol. The molecule has 8 heteroatoms. The van der Waals surface area contributed by atoms with Gasteiger partial charge in [0.25, 0.3) is 5.91 Å². The molecular weight excluding hydrogens is 384 g/mol. The molecule has 0 aromatic heterocycles. The first kappa shape index (κ1) is 21.2. The fourth-order valence-corrected chi connectivity index (χ4v) is 2.53. The monoisotopic (exact) mass is 404 g/mol. The van der Waals surface area contributed by atoms with Crippen molar-refractivity contribution in [1.29, 1.82) is 0 Å². The molecule has 0 bridgehead atoms. The molecule has 0 radical (unpaired) electrons. The molecule has 0 spiro atoms. The number of hydrogen-bond acceptors (Lipinski definition) is 5. The minimum absolute atomic E-state index is 0.174. The van der Waals surface area contributed by atoms with Crippen molar-refractivity contribution >= 4 is 35.1 Å². The molecule has 0 atom stereocenters. The lowest BCUT2D eigenvalue weighted by molar-refractivity contribution is -0.116. The number of esters is 1. The second-order valence-electron chi connectivity index (χ2n) is 5.82. The molecule has 2 amide bonds. The SMILES string of the molecule is COC(=O)c1cc(OC)ccc1NC(=O)CCCNC(=O)c1ccc(Cl)cc1. The zero-order chi connectivity index (χ0) is 20.5. The lowest BCUT2D eigenvalue weighted by atomic mass is 10.1. The van der Waals surface area contributed by atoms with Gasteiger partial charge in [0, 0.05) is 23.6 Å². The molecule has 2 aromatic rings. The van der Waals surface area contributed by atoms with Gasteiger partial charge in [-0.2, -0.15) is 0 Å². The van der Waals surface area contributed by atoms with Gasteiger partial charge in [-0.25, -0.2) is 4.79 Å². The van der Waals surface area contributed by atoms with Crippen molar-refractivity contribution in [1.82, 2.24) is 5.32 Å². The van der Waals surface area contributed by atoms with Crippen LogP contribution in [-0.4, -0.2) is 38.5 Å². The van der Waals surface area contributed by atoms with E-state index in [2.05, 4.69) is 10.6 Å². The Balaban J connectivity index is 1.85. The Labute approximate surface area is 168 Å². The van der Waals surface area contributed by atoms with Crippen LogP contribution in [0.2, 0.25) is 5.02 Å². The van der Waals surface area contributed by atoms with E-state index in [-0.39, 0.29) is 23.8 Å². The molecule has 0 saturated carbocycles. The number of anilines is 1. The largest absolute Gasteiger partial charge is 0.497 e. The highest BCUT2D eigenvalue weighted by Crippen LogP contribution is 2.23. The molecule has 0 saturated heterocycles. The van der Waals surface area contributed by atoms with Gasteiger partial charge in [-0.05, 0) is 48.9 Å². The van der Waals surface area contributed by atoms with Crippen molar-refractivity contribution in [3.05, 3.63) is 58.6 Å². The van der Waals surface area contributed by atoms with Crippen LogP contribution in [0.3, 0.4) is 0 Å². The van der Waals surface area contributed by atoms with E-state index in [4.69, 9.17) is 21.1 Å². The Morgan fingerprint density at radius 1 is 1.04 bits per heavy atom. The molecule has 0 aliphatic carbocycles. The van der Waals surface area contributed by atoms with Crippen molar-refractivity contribution in [2.24, 2.45) is 0 Å². The number of methoxy groups -OCH3 is 2. The van der Waals surface area contributed by atoms with Gasteiger partial charge in [-0.15, -0.1) is 0 Å². The molecule has 0 fully saturated rings. The minimum atomic E-state index is -0.579. The summed E-state index contributed by atoms with van der Waals surface area (Å²) in [5.74, 6) is -0.621. The first-order chi connectivity index (χ1) is 13.4. The fraction of sp³-hybridized carbons (Fsp3) is 0.250. The average Bonchev–Trinajstić information content (AvgIpc) is 2.71. The van der Waals surface area contributed by atoms with Crippen LogP contribution in [0, 0.1) is 0 Å². The predicted molar refractivity (Wildman–Crippen MR) is 106 cm³/mol. The molecular formula is C20H21ClN2O5. The Morgan fingerprint density at radius 2 is 1.75 bits per heavy atom. The highest BCUT2D eigenvalue weighted by atomic mass is 35.5. The van der Waals surface area contributed by atoms with Crippen LogP contribution in [0.5, 0.6) is 5.75 Å². The van der Waals surface area contributed by atoms with Crippen molar-refractivity contribution in [2.75, 3.05) is 26.1 Å². The van der Waals surface area contributed by atoms with E-state index in [9.17, 15) is 14.4 Å². The second kappa shape index (κ2) is 10.3. The van der Waals surface area contributed by atoms with Gasteiger partial charge in [0.15, 0.2) is 0 Å². The van der Waals surface area contributed by atoms with Crippen molar-refractivity contribution < 1.29 is 23.9 Å². The smallest absolute Gasteiger partial charge is 0.340 e. The highest BCUT2D eigenvalue weighted by Gasteiger charge is 2.15. The number of nitrogens with one attached hydrogen (secondary N) is 2. The summed E-state index contributed by atoms with van der Waals surface area (Å²) in [7, 11) is 2.74. The van der Waals surface area contributed by atoms with E-state index in [1.165, 1.54) is 20.3 Å². The van der Waals surface area contributed by atoms with Crippen LogP contribution >= 0.6 is 11.6 Å². The van der Waals surface area contributed by atoms with Gasteiger partial charge in [0.05, 0.1) is 25.5 Å². The first-order valence-corrected chi connectivity index (χ1v) is 8.92. The van der Waals surface area contributed by atoms with E-state index in [1.54, 1.807) is 36.4 Å². The highest BCUT2D eigenvalue weighted by molar-refractivity contribution is 6.30. The summed E-state index contributed by atoms with van der Waals surface area (Å²) >= 11 is 5.79. The summed E-state index contributed by atoms with van der Waals surface area (Å²) in [5, 5.41) is 5.97. The molecule has 0 aliphatic heterocycles. The lowest BCUT2D eigenvalue weighted by Crippen LogP contribution is -2.25. The molecule has 2 rings (SSSR count). The number of ether oxygens (including phenoxy) is 2. The number of carbonyl (C=O) groups is 3. The van der Waals surface area contributed by atoms with Crippen LogP contribution in [0.1, 0.15) is 33.6 Å². The normalized spacial score (nSPS) is 10.1. The number of halogens is 1. The summed E-state index contributed by atoms with van der Waals surface area (Å²) < 4.78 is 9.82. The number of carbonyl (C=O) groups excluding carboxylic acids is 3. The number of rotatable bonds is 8. The van der Waals surface area contributed by atoms with Gasteiger partial charge < -0.3 is 20.1 Å². The van der Waals surface area contributed by atoms with Crippen LogP contribution in [0.25, 0.3) is 0 Å². The standard InChI is InChI=1S/C20H21ClN2O5/c1-27-15-9-10-17(16(12-15)20(26)28-2)23-18(24)4-3-11-22-19(25)13-5-7-14(21)8-6-13/h5-10,12H,3-4,11H2,1-2H3,(H,22,25)(H,23,24). The fourth-order valence-electron chi connectivity index (χ4n) is 2.41. The molecule has 2 aromatic carbocycles. The summed E-state index contributed by atoms with van der Waals surface area (Å²) in [5.41, 5.74) is 1.03. The van der Waals surface area contributed by atoms with E-state index in [0.717, 1.165) is 0 Å². The first-order valence-electron chi connectivity index (χ1n) is 8.54. The van der Waals surface area contributed by atoms with Crippen molar-refractivity contribution in [3.63, 3.8) is 0 Å². The van der Waals surface area contributed by atoms with Crippen LogP contribution in [0.4, 0.5) is 5.69 Å². The van der Waals surface area contributed by atoms with E-state index >= 15 is 0 Å². The zero-order valence-corrected chi connectivity index (χ0v) is 16.3. The van der Waals surface area contributed by atoms with Gasteiger partial charge in [0.1, 0.15) is 5.75 Å². The number of benzene rings is 2. The van der Waals surface area contributed by atoms with Gasteiger partial charge in [-0.3, -0.25) is 9.59 Å². The summed E-state index contributed by atoms with van der Waals surface area (Å²) in [6, 6.07) is 11.2. The Bertz CT molecular complexity index is 852. The maximum atomic E-state index is 12.2. The molecule has 0 heterocycles. The molecule has 28 heavy (non-hydrogen) atoms. The summed E-state index contributed by atoms with van der Waals surface area (Å²) in [6.07, 6.45) is 0.614. The Kier molecular flexibility index (Phi) is 7.83. The van der Waals surface area contributed by atoms with Gasteiger partial charge in [-0.1, -0.05) is 11.6 Å². The maximum Gasteiger partial charge on any atom is 0.340 e.